The molecule has 4 aromatic rings. The average molecular weight is 436 g/mol. The highest BCUT2D eigenvalue weighted by Gasteiger charge is 2.25. The molecule has 1 fully saturated rings. The van der Waals surface area contributed by atoms with Crippen molar-refractivity contribution in [3.63, 3.8) is 0 Å². The molecule has 1 aliphatic rings. The third-order valence-electron chi connectivity index (χ3n) is 5.47. The van der Waals surface area contributed by atoms with Crippen molar-refractivity contribution in [3.8, 4) is 5.82 Å². The molecule has 0 unspecified atom stereocenters. The molecule has 0 aliphatic carbocycles. The van der Waals surface area contributed by atoms with E-state index in [2.05, 4.69) is 15.1 Å². The number of carbonyl (C=O) groups is 2. The summed E-state index contributed by atoms with van der Waals surface area (Å²) in [7, 11) is 0. The second-order valence-electron chi connectivity index (χ2n) is 7.43. The maximum Gasteiger partial charge on any atom is 0.323 e. The normalized spacial score (nSPS) is 14.4. The van der Waals surface area contributed by atoms with Crippen LogP contribution in [0.1, 0.15) is 0 Å². The zero-order valence-electron chi connectivity index (χ0n) is 17.0. The number of piperazine rings is 1. The van der Waals surface area contributed by atoms with Crippen molar-refractivity contribution in [1.82, 2.24) is 34.2 Å². The molecule has 1 aromatic carbocycles. The maximum atomic E-state index is 11.8. The summed E-state index contributed by atoms with van der Waals surface area (Å²) in [5.74, 6) is -0.476. The third-order valence-corrected chi connectivity index (χ3v) is 5.47. The molecule has 0 bridgehead atoms. The number of benzene rings is 1. The topological polar surface area (TPSA) is 142 Å². The number of aliphatic carboxylic acids is 1. The fourth-order valence-electron chi connectivity index (χ4n) is 3.87. The van der Waals surface area contributed by atoms with Crippen LogP contribution in [0.25, 0.3) is 27.9 Å². The molecular formula is C20H20N8O4. The van der Waals surface area contributed by atoms with E-state index in [0.29, 0.717) is 49.1 Å². The molecule has 3 aromatic heterocycles. The molecule has 5 rings (SSSR count). The number of carboxylic acids is 1. The van der Waals surface area contributed by atoms with Crippen LogP contribution in [-0.2, 0) is 16.1 Å². The van der Waals surface area contributed by atoms with Gasteiger partial charge >= 0.3 is 5.97 Å². The summed E-state index contributed by atoms with van der Waals surface area (Å²) in [5, 5.41) is 23.8. The number of carboxylic acid groups (broad SMARTS) is 1. The van der Waals surface area contributed by atoms with E-state index in [9.17, 15) is 14.7 Å². The van der Waals surface area contributed by atoms with Crippen LogP contribution < -0.4 is 4.90 Å². The Morgan fingerprint density at radius 1 is 1.06 bits per heavy atom. The smallest absolute Gasteiger partial charge is 0.323 e. The van der Waals surface area contributed by atoms with Crippen LogP contribution in [0.2, 0.25) is 0 Å². The molecule has 32 heavy (non-hydrogen) atoms. The van der Waals surface area contributed by atoms with Gasteiger partial charge in [0, 0.05) is 31.6 Å². The first-order valence-electron chi connectivity index (χ1n) is 10.1. The third kappa shape index (κ3) is 3.39. The van der Waals surface area contributed by atoms with Crippen LogP contribution >= 0.6 is 0 Å². The Morgan fingerprint density at radius 3 is 2.59 bits per heavy atom. The van der Waals surface area contributed by atoms with Crippen molar-refractivity contribution in [3.05, 3.63) is 36.8 Å². The van der Waals surface area contributed by atoms with Gasteiger partial charge < -0.3 is 24.6 Å². The summed E-state index contributed by atoms with van der Waals surface area (Å²) in [6.07, 6.45) is 3.17. The lowest BCUT2D eigenvalue weighted by Gasteiger charge is -2.34. The number of nitrogens with zero attached hydrogens (tertiary/aromatic N) is 8. The molecule has 1 saturated heterocycles. The fourth-order valence-corrected chi connectivity index (χ4v) is 3.87. The first-order chi connectivity index (χ1) is 15.5. The van der Waals surface area contributed by atoms with E-state index in [-0.39, 0.29) is 12.5 Å². The predicted octanol–water partition coefficient (Wildman–Crippen LogP) is -0.109. The van der Waals surface area contributed by atoms with Crippen molar-refractivity contribution < 1.29 is 19.8 Å². The Hall–Kier alpha value is -4.06. The number of aliphatic hydroxyl groups excluding tert-OH is 1. The summed E-state index contributed by atoms with van der Waals surface area (Å²) >= 11 is 0. The van der Waals surface area contributed by atoms with Crippen LogP contribution in [0.15, 0.2) is 36.8 Å². The van der Waals surface area contributed by atoms with E-state index in [4.69, 9.17) is 10.1 Å². The van der Waals surface area contributed by atoms with Crippen LogP contribution in [0.3, 0.4) is 0 Å². The molecule has 0 spiro atoms. The van der Waals surface area contributed by atoms with Crippen LogP contribution in [-0.4, -0.2) is 89.1 Å². The molecule has 0 radical (unpaired) electrons. The van der Waals surface area contributed by atoms with Gasteiger partial charge in [-0.1, -0.05) is 18.2 Å². The Kier molecular flexibility index (Phi) is 4.90. The minimum atomic E-state index is -1.01. The van der Waals surface area contributed by atoms with Gasteiger partial charge in [-0.15, -0.1) is 0 Å². The lowest BCUT2D eigenvalue weighted by atomic mass is 10.2. The zero-order chi connectivity index (χ0) is 22.2. The molecule has 1 aliphatic heterocycles. The van der Waals surface area contributed by atoms with Gasteiger partial charge in [-0.2, -0.15) is 15.1 Å². The number of rotatable bonds is 5. The summed E-state index contributed by atoms with van der Waals surface area (Å²) in [6, 6.07) is 7.69. The maximum absolute atomic E-state index is 11.8. The molecule has 2 N–H and O–H groups in total. The largest absolute Gasteiger partial charge is 0.480 e. The minimum Gasteiger partial charge on any atom is -0.480 e. The lowest BCUT2D eigenvalue weighted by molar-refractivity contribution is -0.137. The van der Waals surface area contributed by atoms with Crippen molar-refractivity contribution in [2.24, 2.45) is 0 Å². The van der Waals surface area contributed by atoms with E-state index in [1.54, 1.807) is 15.8 Å². The number of amides is 1. The van der Waals surface area contributed by atoms with E-state index >= 15 is 0 Å². The number of aliphatic hydroxyl groups is 1. The number of hydrogen-bond donors (Lipinski definition) is 2. The summed E-state index contributed by atoms with van der Waals surface area (Å²) in [6.45, 7) is 0.996. The van der Waals surface area contributed by atoms with E-state index in [1.165, 1.54) is 10.9 Å². The number of fused-ring (bicyclic) bond motifs is 2. The van der Waals surface area contributed by atoms with E-state index < -0.39 is 12.6 Å². The van der Waals surface area contributed by atoms with Gasteiger partial charge in [0.25, 0.3) is 0 Å². The molecule has 0 saturated carbocycles. The quantitative estimate of drug-likeness (QED) is 0.438. The predicted molar refractivity (Wildman–Crippen MR) is 113 cm³/mol. The number of carbonyl (C=O) groups excluding carboxylic acids is 1. The summed E-state index contributed by atoms with van der Waals surface area (Å²) < 4.78 is 3.13. The molecule has 0 atom stereocenters. The average Bonchev–Trinajstić information content (AvgIpc) is 3.42. The Bertz CT molecular complexity index is 1320. The highest BCUT2D eigenvalue weighted by Crippen LogP contribution is 2.25. The number of para-hydroxylation sites is 1. The highest BCUT2D eigenvalue weighted by molar-refractivity contribution is 5.86. The van der Waals surface area contributed by atoms with Gasteiger partial charge in [0.15, 0.2) is 17.0 Å². The summed E-state index contributed by atoms with van der Waals surface area (Å²) in [4.78, 5) is 40.4. The summed E-state index contributed by atoms with van der Waals surface area (Å²) in [5.41, 5.74) is 1.67. The van der Waals surface area contributed by atoms with Crippen LogP contribution in [0.5, 0.6) is 0 Å². The van der Waals surface area contributed by atoms with Crippen molar-refractivity contribution in [2.45, 2.75) is 6.54 Å². The van der Waals surface area contributed by atoms with E-state index in [1.807, 2.05) is 29.2 Å². The molecule has 12 heteroatoms. The second kappa shape index (κ2) is 7.89. The molecule has 12 nitrogen and oxygen atoms in total. The molecule has 4 heterocycles. The monoisotopic (exact) mass is 436 g/mol. The van der Waals surface area contributed by atoms with Gasteiger partial charge in [-0.25, -0.2) is 9.67 Å². The first kappa shape index (κ1) is 19.9. The van der Waals surface area contributed by atoms with Gasteiger partial charge in [0.05, 0.1) is 18.0 Å². The van der Waals surface area contributed by atoms with Gasteiger partial charge in [0.2, 0.25) is 11.9 Å². The molecule has 1 amide bonds. The van der Waals surface area contributed by atoms with E-state index in [0.717, 1.165) is 10.9 Å². The van der Waals surface area contributed by atoms with Crippen LogP contribution in [0, 0.1) is 0 Å². The van der Waals surface area contributed by atoms with Gasteiger partial charge in [-0.3, -0.25) is 9.59 Å². The highest BCUT2D eigenvalue weighted by atomic mass is 16.4. The van der Waals surface area contributed by atoms with Crippen LogP contribution in [0.4, 0.5) is 5.95 Å². The standard InChI is InChI=1S/C20H20N8O4/c29-11-15(30)25-5-7-26(8-6-25)20-23-18-17(21-12-27(18)10-16(31)32)19(24-20)28-14-4-2-1-3-13(14)9-22-28/h1-4,9,12,29H,5-8,10-11H2,(H,31,32). The van der Waals surface area contributed by atoms with Crippen molar-refractivity contribution in [2.75, 3.05) is 37.7 Å². The Morgan fingerprint density at radius 2 is 1.84 bits per heavy atom. The minimum absolute atomic E-state index is 0.287. The number of anilines is 1. The van der Waals surface area contributed by atoms with Crippen molar-refractivity contribution >= 4 is 39.9 Å². The Balaban J connectivity index is 1.61. The number of aromatic nitrogens is 6. The molecular weight excluding hydrogens is 416 g/mol. The SMILES string of the molecule is O=C(O)Cn1cnc2c(-n3ncc4ccccc43)nc(N3CCN(C(=O)CO)CC3)nc21. The lowest BCUT2D eigenvalue weighted by Crippen LogP contribution is -2.50. The Labute approximate surface area is 181 Å². The van der Waals surface area contributed by atoms with Gasteiger partial charge in [-0.05, 0) is 6.07 Å². The fraction of sp³-hybridized carbons (Fsp3) is 0.300. The second-order valence-corrected chi connectivity index (χ2v) is 7.43. The zero-order valence-corrected chi connectivity index (χ0v) is 17.0. The van der Waals surface area contributed by atoms with Crippen molar-refractivity contribution in [1.29, 1.82) is 0 Å². The van der Waals surface area contributed by atoms with Gasteiger partial charge in [0.1, 0.15) is 13.2 Å². The molecule has 164 valence electrons. The number of imidazole rings is 1. The first-order valence-corrected chi connectivity index (χ1v) is 10.1. The number of hydrogen-bond acceptors (Lipinski definition) is 8.